The lowest BCUT2D eigenvalue weighted by Gasteiger charge is -2.12. The van der Waals surface area contributed by atoms with E-state index in [1.807, 2.05) is 0 Å². The Balaban J connectivity index is 2.49. The first-order chi connectivity index (χ1) is 4.99. The van der Waals surface area contributed by atoms with Gasteiger partial charge in [0.25, 0.3) is 0 Å². The van der Waals surface area contributed by atoms with Crippen LogP contribution in [0.4, 0.5) is 0 Å². The van der Waals surface area contributed by atoms with Gasteiger partial charge in [0.05, 0.1) is 12.7 Å². The van der Waals surface area contributed by atoms with E-state index in [2.05, 4.69) is 33.8 Å². The van der Waals surface area contributed by atoms with Gasteiger partial charge < -0.3 is 4.74 Å². The van der Waals surface area contributed by atoms with Crippen LogP contribution in [0.1, 0.15) is 34.1 Å². The molecule has 1 heterocycles. The molecule has 1 unspecified atom stereocenters. The van der Waals surface area contributed by atoms with Crippen LogP contribution >= 0.6 is 0 Å². The third kappa shape index (κ3) is 2.66. The Morgan fingerprint density at radius 1 is 1.45 bits per heavy atom. The Kier molecular flexibility index (Phi) is 2.38. The molecule has 1 aliphatic heterocycles. The predicted molar refractivity (Wildman–Crippen MR) is 47.6 cm³/mol. The molecule has 0 aliphatic carbocycles. The number of hydrogen-bond donors (Lipinski definition) is 0. The smallest absolute Gasteiger partial charge is 0.0764 e. The molecule has 0 aromatic carbocycles. The summed E-state index contributed by atoms with van der Waals surface area (Å²) in [5.74, 6) is 0. The lowest BCUT2D eigenvalue weighted by Crippen LogP contribution is -2.09. The van der Waals surface area contributed by atoms with Crippen LogP contribution in [0.5, 0.6) is 0 Å². The van der Waals surface area contributed by atoms with E-state index in [-0.39, 0.29) is 0 Å². The summed E-state index contributed by atoms with van der Waals surface area (Å²) in [5.41, 5.74) is 1.74. The zero-order chi connectivity index (χ0) is 8.48. The fraction of sp³-hybridized carbons (Fsp3) is 0.800. The van der Waals surface area contributed by atoms with Crippen molar-refractivity contribution in [3.63, 3.8) is 0 Å². The third-order valence-corrected chi connectivity index (χ3v) is 1.96. The van der Waals surface area contributed by atoms with E-state index in [1.165, 1.54) is 5.57 Å². The molecule has 1 saturated heterocycles. The van der Waals surface area contributed by atoms with E-state index in [4.69, 9.17) is 4.74 Å². The van der Waals surface area contributed by atoms with Crippen LogP contribution in [0.3, 0.4) is 0 Å². The van der Waals surface area contributed by atoms with E-state index in [0.717, 1.165) is 13.0 Å². The van der Waals surface area contributed by atoms with Crippen LogP contribution in [0.25, 0.3) is 0 Å². The Morgan fingerprint density at radius 3 is 2.45 bits per heavy atom. The van der Waals surface area contributed by atoms with Gasteiger partial charge in [-0.05, 0) is 25.7 Å². The van der Waals surface area contributed by atoms with Crippen LogP contribution < -0.4 is 0 Å². The number of ether oxygens (including phenoxy) is 1. The number of rotatable bonds is 1. The van der Waals surface area contributed by atoms with E-state index in [9.17, 15) is 0 Å². The largest absolute Gasteiger partial charge is 0.374 e. The average molecular weight is 154 g/mol. The van der Waals surface area contributed by atoms with Crippen molar-refractivity contribution in [3.05, 3.63) is 11.6 Å². The Morgan fingerprint density at radius 2 is 2.09 bits per heavy atom. The maximum absolute atomic E-state index is 5.60. The van der Waals surface area contributed by atoms with E-state index >= 15 is 0 Å². The summed E-state index contributed by atoms with van der Waals surface area (Å²) in [6.07, 6.45) is 3.75. The van der Waals surface area contributed by atoms with Crippen molar-refractivity contribution >= 4 is 0 Å². The molecule has 0 bridgehead atoms. The lowest BCUT2D eigenvalue weighted by atomic mass is 9.90. The summed E-state index contributed by atoms with van der Waals surface area (Å²) >= 11 is 0. The summed E-state index contributed by atoms with van der Waals surface area (Å²) in [6.45, 7) is 9.66. The summed E-state index contributed by atoms with van der Waals surface area (Å²) in [5, 5.41) is 0. The summed E-state index contributed by atoms with van der Waals surface area (Å²) in [6, 6.07) is 0. The second-order valence-electron chi connectivity index (χ2n) is 4.46. The van der Waals surface area contributed by atoms with E-state index in [0.29, 0.717) is 11.5 Å². The first-order valence-electron chi connectivity index (χ1n) is 4.26. The van der Waals surface area contributed by atoms with Gasteiger partial charge in [0.15, 0.2) is 0 Å². The number of hydrogen-bond acceptors (Lipinski definition) is 1. The first kappa shape index (κ1) is 8.79. The minimum absolute atomic E-state index is 0.370. The highest BCUT2D eigenvalue weighted by Gasteiger charge is 2.30. The highest BCUT2D eigenvalue weighted by molar-refractivity contribution is 5.02. The molecule has 0 aromatic heterocycles. The lowest BCUT2D eigenvalue weighted by molar-refractivity contribution is 0.127. The molecule has 1 fully saturated rings. The number of allylic oxidation sites excluding steroid dienone is 1. The summed E-state index contributed by atoms with van der Waals surface area (Å²) in [7, 11) is 0. The normalized spacial score (nSPS) is 28.5. The minimum atomic E-state index is 0.370. The standard InChI is InChI=1S/C10H18O/c1-8(2)5-9-6-10(3,4)7-11-9/h5,9H,6-7H2,1-4H3. The molecule has 0 amide bonds. The summed E-state index contributed by atoms with van der Waals surface area (Å²) < 4.78 is 5.60. The summed E-state index contributed by atoms with van der Waals surface area (Å²) in [4.78, 5) is 0. The van der Waals surface area contributed by atoms with Gasteiger partial charge in [-0.2, -0.15) is 0 Å². The molecule has 0 saturated carbocycles. The van der Waals surface area contributed by atoms with Gasteiger partial charge in [-0.1, -0.05) is 25.5 Å². The minimum Gasteiger partial charge on any atom is -0.374 e. The van der Waals surface area contributed by atoms with Crippen molar-refractivity contribution in [2.45, 2.75) is 40.2 Å². The van der Waals surface area contributed by atoms with Gasteiger partial charge in [-0.25, -0.2) is 0 Å². The van der Waals surface area contributed by atoms with Gasteiger partial charge in [0.1, 0.15) is 0 Å². The molecule has 1 aliphatic rings. The van der Waals surface area contributed by atoms with Gasteiger partial charge in [0.2, 0.25) is 0 Å². The van der Waals surface area contributed by atoms with Crippen LogP contribution in [0.2, 0.25) is 0 Å². The second-order valence-corrected chi connectivity index (χ2v) is 4.46. The molecule has 0 radical (unpaired) electrons. The van der Waals surface area contributed by atoms with Crippen LogP contribution in [0.15, 0.2) is 11.6 Å². The molecule has 1 heteroatoms. The van der Waals surface area contributed by atoms with Crippen molar-refractivity contribution < 1.29 is 4.74 Å². The monoisotopic (exact) mass is 154 g/mol. The van der Waals surface area contributed by atoms with Crippen LogP contribution in [0, 0.1) is 5.41 Å². The SMILES string of the molecule is CC(C)=CC1CC(C)(C)CO1. The third-order valence-electron chi connectivity index (χ3n) is 1.96. The Bertz CT molecular complexity index is 164. The molecule has 11 heavy (non-hydrogen) atoms. The predicted octanol–water partition coefficient (Wildman–Crippen LogP) is 2.77. The van der Waals surface area contributed by atoms with Crippen LogP contribution in [-0.4, -0.2) is 12.7 Å². The topological polar surface area (TPSA) is 9.23 Å². The highest BCUT2D eigenvalue weighted by atomic mass is 16.5. The molecule has 1 nitrogen and oxygen atoms in total. The molecule has 1 atom stereocenters. The van der Waals surface area contributed by atoms with Crippen molar-refractivity contribution in [2.24, 2.45) is 5.41 Å². The molecular weight excluding hydrogens is 136 g/mol. The molecule has 64 valence electrons. The molecule has 0 N–H and O–H groups in total. The molecule has 0 aromatic rings. The molecule has 0 spiro atoms. The van der Waals surface area contributed by atoms with Crippen molar-refractivity contribution in [1.82, 2.24) is 0 Å². The molecule has 1 rings (SSSR count). The molecular formula is C10H18O. The second kappa shape index (κ2) is 2.98. The zero-order valence-electron chi connectivity index (χ0n) is 7.98. The van der Waals surface area contributed by atoms with Crippen molar-refractivity contribution in [3.8, 4) is 0 Å². The fourth-order valence-corrected chi connectivity index (χ4v) is 1.47. The fourth-order valence-electron chi connectivity index (χ4n) is 1.47. The van der Waals surface area contributed by atoms with Gasteiger partial charge in [0, 0.05) is 0 Å². The highest BCUT2D eigenvalue weighted by Crippen LogP contribution is 2.32. The zero-order valence-corrected chi connectivity index (χ0v) is 7.98. The quantitative estimate of drug-likeness (QED) is 0.528. The first-order valence-corrected chi connectivity index (χ1v) is 4.26. The Hall–Kier alpha value is -0.300. The Labute approximate surface area is 69.4 Å². The van der Waals surface area contributed by atoms with Crippen molar-refractivity contribution in [1.29, 1.82) is 0 Å². The van der Waals surface area contributed by atoms with Gasteiger partial charge in [-0.15, -0.1) is 0 Å². The van der Waals surface area contributed by atoms with E-state index < -0.39 is 0 Å². The van der Waals surface area contributed by atoms with Crippen LogP contribution in [-0.2, 0) is 4.74 Å². The maximum atomic E-state index is 5.60. The average Bonchev–Trinajstić information content (AvgIpc) is 2.08. The van der Waals surface area contributed by atoms with Gasteiger partial charge in [-0.3, -0.25) is 0 Å². The van der Waals surface area contributed by atoms with Gasteiger partial charge >= 0.3 is 0 Å². The van der Waals surface area contributed by atoms with Crippen molar-refractivity contribution in [2.75, 3.05) is 6.61 Å². The van der Waals surface area contributed by atoms with E-state index in [1.54, 1.807) is 0 Å². The maximum Gasteiger partial charge on any atom is 0.0764 e.